The lowest BCUT2D eigenvalue weighted by atomic mass is 10.3. The van der Waals surface area contributed by atoms with Gasteiger partial charge < -0.3 is 0 Å². The zero-order valence-electron chi connectivity index (χ0n) is 13.2. The van der Waals surface area contributed by atoms with Crippen LogP contribution in [0.1, 0.15) is 24.0 Å². The summed E-state index contributed by atoms with van der Waals surface area (Å²) in [6.07, 6.45) is 4.74. The molecule has 0 saturated heterocycles. The van der Waals surface area contributed by atoms with Crippen molar-refractivity contribution in [2.24, 2.45) is 0 Å². The molecule has 118 valence electrons. The summed E-state index contributed by atoms with van der Waals surface area (Å²) in [6, 6.07) is 7.58. The molecule has 0 radical (unpaired) electrons. The predicted molar refractivity (Wildman–Crippen MR) is 89.8 cm³/mol. The van der Waals surface area contributed by atoms with Gasteiger partial charge in [0.05, 0.1) is 29.5 Å². The van der Waals surface area contributed by atoms with Gasteiger partial charge in [0, 0.05) is 0 Å². The molecule has 0 spiro atoms. The molecule has 0 atom stereocenters. The Morgan fingerprint density at radius 1 is 0.870 bits per heavy atom. The highest BCUT2D eigenvalue weighted by Gasteiger charge is 1.98. The molecule has 6 nitrogen and oxygen atoms in total. The highest BCUT2D eigenvalue weighted by molar-refractivity contribution is 6.29. The Morgan fingerprint density at radius 2 is 1.43 bits per heavy atom. The average Bonchev–Trinajstić information content (AvgIpc) is 3.07. The van der Waals surface area contributed by atoms with Gasteiger partial charge in [0.1, 0.15) is 5.15 Å². The van der Waals surface area contributed by atoms with Crippen LogP contribution in [0.5, 0.6) is 0 Å². The first-order chi connectivity index (χ1) is 11.0. The highest BCUT2D eigenvalue weighted by atomic mass is 35.5. The van der Waals surface area contributed by atoms with Crippen molar-refractivity contribution in [2.45, 2.75) is 27.2 Å². The minimum absolute atomic E-state index is 0.481. The van der Waals surface area contributed by atoms with Crippen LogP contribution in [-0.2, 0) is 6.42 Å². The molecule has 7 heteroatoms. The number of hydrogen-bond donors (Lipinski definition) is 0. The van der Waals surface area contributed by atoms with Crippen molar-refractivity contribution in [1.82, 2.24) is 29.2 Å². The van der Waals surface area contributed by atoms with Crippen LogP contribution in [0.25, 0.3) is 11.3 Å². The molecule has 4 aromatic heterocycles. The Kier molecular flexibility index (Phi) is 4.25. The zero-order chi connectivity index (χ0) is 16.4. The molecule has 4 heterocycles. The minimum Gasteiger partial charge on any atom is -0.232 e. The van der Waals surface area contributed by atoms with E-state index in [-0.39, 0.29) is 0 Å². The Labute approximate surface area is 138 Å². The maximum absolute atomic E-state index is 5.67. The fraction of sp³-hybridized carbons (Fsp3) is 0.250. The van der Waals surface area contributed by atoms with E-state index in [1.807, 2.05) is 49.0 Å². The molecule has 0 N–H and O–H groups in total. The number of rotatable bonds is 1. The van der Waals surface area contributed by atoms with Crippen LogP contribution in [0.2, 0.25) is 5.15 Å². The second-order valence-corrected chi connectivity index (χ2v) is 5.59. The molecule has 23 heavy (non-hydrogen) atoms. The molecule has 0 aromatic carbocycles. The summed E-state index contributed by atoms with van der Waals surface area (Å²) in [5.41, 5.74) is 4.80. The van der Waals surface area contributed by atoms with Gasteiger partial charge in [-0.15, -0.1) is 0 Å². The summed E-state index contributed by atoms with van der Waals surface area (Å²) in [5, 5.41) is 8.87. The second kappa shape index (κ2) is 6.34. The lowest BCUT2D eigenvalue weighted by Gasteiger charge is -1.95. The maximum Gasteiger partial charge on any atom is 0.153 e. The van der Waals surface area contributed by atoms with Gasteiger partial charge in [-0.2, -0.15) is 10.2 Å². The molecule has 4 aromatic rings. The van der Waals surface area contributed by atoms with Crippen molar-refractivity contribution in [2.75, 3.05) is 0 Å². The molecule has 0 aliphatic rings. The van der Waals surface area contributed by atoms with E-state index >= 15 is 0 Å². The first-order valence-corrected chi connectivity index (χ1v) is 7.73. The third-order valence-electron chi connectivity index (χ3n) is 3.27. The van der Waals surface area contributed by atoms with Crippen molar-refractivity contribution in [3.8, 4) is 0 Å². The number of nitrogens with zero attached hydrogens (tertiary/aromatic N) is 6. The van der Waals surface area contributed by atoms with Gasteiger partial charge in [0.25, 0.3) is 0 Å². The van der Waals surface area contributed by atoms with Gasteiger partial charge in [0.2, 0.25) is 0 Å². The van der Waals surface area contributed by atoms with Crippen LogP contribution < -0.4 is 0 Å². The number of imidazole rings is 2. The third-order valence-corrected chi connectivity index (χ3v) is 3.47. The van der Waals surface area contributed by atoms with Crippen LogP contribution >= 0.6 is 11.6 Å². The first kappa shape index (κ1) is 15.4. The minimum atomic E-state index is 0.481. The van der Waals surface area contributed by atoms with E-state index in [0.717, 1.165) is 34.8 Å². The third kappa shape index (κ3) is 3.48. The van der Waals surface area contributed by atoms with Crippen LogP contribution in [0.3, 0.4) is 0 Å². The zero-order valence-corrected chi connectivity index (χ0v) is 14.0. The quantitative estimate of drug-likeness (QED) is 0.538. The predicted octanol–water partition coefficient (Wildman–Crippen LogP) is 3.29. The van der Waals surface area contributed by atoms with Crippen molar-refractivity contribution >= 4 is 22.9 Å². The fourth-order valence-electron chi connectivity index (χ4n) is 2.21. The molecular weight excluding hydrogens is 312 g/mol. The standard InChI is InChI=1S/C9H11N3.C7H6ClN3/c1-3-8-4-5-9-10-7(2)6-12(9)11-8;1-5-4-11-7(9-5)3-2-6(8)10-11/h4-6H,3H2,1-2H3;2-4H,1H3. The van der Waals surface area contributed by atoms with Gasteiger partial charge in [-0.05, 0) is 44.5 Å². The number of halogens is 1. The highest BCUT2D eigenvalue weighted by Crippen LogP contribution is 2.07. The molecule has 0 unspecified atom stereocenters. The van der Waals surface area contributed by atoms with Gasteiger partial charge in [-0.1, -0.05) is 18.5 Å². The molecule has 0 aliphatic heterocycles. The number of aryl methyl sites for hydroxylation is 3. The van der Waals surface area contributed by atoms with Crippen LogP contribution in [0.4, 0.5) is 0 Å². The smallest absolute Gasteiger partial charge is 0.153 e. The molecule has 4 rings (SSSR count). The maximum atomic E-state index is 5.67. The van der Waals surface area contributed by atoms with Gasteiger partial charge >= 0.3 is 0 Å². The lowest BCUT2D eigenvalue weighted by Crippen LogP contribution is -1.94. The molecule has 0 bridgehead atoms. The van der Waals surface area contributed by atoms with E-state index in [1.54, 1.807) is 10.6 Å². The van der Waals surface area contributed by atoms with Crippen molar-refractivity contribution < 1.29 is 0 Å². The Bertz CT molecular complexity index is 956. The lowest BCUT2D eigenvalue weighted by molar-refractivity contribution is 0.861. The number of fused-ring (bicyclic) bond motifs is 2. The SMILES string of the molecule is CCc1ccc2nc(C)cn2n1.Cc1cn2nc(Cl)ccc2n1. The van der Waals surface area contributed by atoms with E-state index in [9.17, 15) is 0 Å². The van der Waals surface area contributed by atoms with Crippen molar-refractivity contribution in [3.63, 3.8) is 0 Å². The van der Waals surface area contributed by atoms with Crippen molar-refractivity contribution in [1.29, 1.82) is 0 Å². The van der Waals surface area contributed by atoms with Gasteiger partial charge in [0.15, 0.2) is 11.3 Å². The van der Waals surface area contributed by atoms with Crippen molar-refractivity contribution in [3.05, 3.63) is 58.9 Å². The van der Waals surface area contributed by atoms with E-state index < -0.39 is 0 Å². The summed E-state index contributed by atoms with van der Waals surface area (Å²) in [7, 11) is 0. The Balaban J connectivity index is 0.000000136. The number of hydrogen-bond acceptors (Lipinski definition) is 4. The van der Waals surface area contributed by atoms with E-state index in [2.05, 4.69) is 27.1 Å². The van der Waals surface area contributed by atoms with E-state index in [0.29, 0.717) is 5.15 Å². The molecule has 0 aliphatic carbocycles. The Morgan fingerprint density at radius 3 is 2.04 bits per heavy atom. The van der Waals surface area contributed by atoms with Crippen LogP contribution in [0.15, 0.2) is 36.7 Å². The normalized spacial score (nSPS) is 10.8. The van der Waals surface area contributed by atoms with E-state index in [4.69, 9.17) is 11.6 Å². The summed E-state index contributed by atoms with van der Waals surface area (Å²) in [5.74, 6) is 0. The Hall–Kier alpha value is -2.47. The topological polar surface area (TPSA) is 60.4 Å². The van der Waals surface area contributed by atoms with Gasteiger partial charge in [-0.3, -0.25) is 0 Å². The van der Waals surface area contributed by atoms with Gasteiger partial charge in [-0.25, -0.2) is 19.0 Å². The number of aromatic nitrogens is 6. The molecule has 0 saturated carbocycles. The van der Waals surface area contributed by atoms with Crippen LogP contribution in [-0.4, -0.2) is 29.2 Å². The molecular formula is C16H17ClN6. The largest absolute Gasteiger partial charge is 0.232 e. The fourth-order valence-corrected chi connectivity index (χ4v) is 2.35. The molecule has 0 fully saturated rings. The second-order valence-electron chi connectivity index (χ2n) is 5.20. The van der Waals surface area contributed by atoms with E-state index in [1.165, 1.54) is 0 Å². The average molecular weight is 329 g/mol. The summed E-state index contributed by atoms with van der Waals surface area (Å²) >= 11 is 5.67. The monoisotopic (exact) mass is 328 g/mol. The summed E-state index contributed by atoms with van der Waals surface area (Å²) in [4.78, 5) is 8.49. The first-order valence-electron chi connectivity index (χ1n) is 7.35. The summed E-state index contributed by atoms with van der Waals surface area (Å²) < 4.78 is 3.49. The molecule has 0 amide bonds. The van der Waals surface area contributed by atoms with Crippen LogP contribution in [0, 0.1) is 13.8 Å². The summed E-state index contributed by atoms with van der Waals surface area (Å²) in [6.45, 7) is 5.99.